The number of nitrogens with one attached hydrogen (secondary N) is 2. The van der Waals surface area contributed by atoms with Crippen LogP contribution in [0.3, 0.4) is 0 Å². The van der Waals surface area contributed by atoms with Crippen molar-refractivity contribution in [1.29, 1.82) is 0 Å². The molecule has 0 spiro atoms. The first-order chi connectivity index (χ1) is 12.7. The van der Waals surface area contributed by atoms with Gasteiger partial charge in [0.1, 0.15) is 16.4 Å². The zero-order valence-corrected chi connectivity index (χ0v) is 16.5. The van der Waals surface area contributed by atoms with Crippen LogP contribution in [0.25, 0.3) is 10.9 Å². The van der Waals surface area contributed by atoms with Crippen molar-refractivity contribution in [3.05, 3.63) is 61.6 Å². The van der Waals surface area contributed by atoms with E-state index in [1.54, 1.807) is 11.3 Å². The Hall–Kier alpha value is -2.54. The SMILES string of the molecule is Cc1nc(C(CC(C)C)NC(=O)c2cc3ccc(F)cc3[nH]c2=O)sc1C. The molecule has 1 aromatic carbocycles. The minimum atomic E-state index is -0.541. The Morgan fingerprint density at radius 1 is 1.30 bits per heavy atom. The number of H-pyrrole nitrogens is 1. The summed E-state index contributed by atoms with van der Waals surface area (Å²) in [4.78, 5) is 33.4. The normalized spacial score (nSPS) is 12.5. The number of aromatic amines is 1. The quantitative estimate of drug-likeness (QED) is 0.687. The van der Waals surface area contributed by atoms with E-state index in [1.807, 2.05) is 13.8 Å². The van der Waals surface area contributed by atoms with Gasteiger partial charge in [-0.25, -0.2) is 9.37 Å². The fourth-order valence-electron chi connectivity index (χ4n) is 2.92. The van der Waals surface area contributed by atoms with E-state index in [4.69, 9.17) is 0 Å². The third-order valence-electron chi connectivity index (χ3n) is 4.41. The van der Waals surface area contributed by atoms with Crippen LogP contribution in [0.1, 0.15) is 52.2 Å². The summed E-state index contributed by atoms with van der Waals surface area (Å²) in [6.07, 6.45) is 0.717. The van der Waals surface area contributed by atoms with E-state index in [0.29, 0.717) is 16.8 Å². The molecule has 2 heterocycles. The Bertz CT molecular complexity index is 1040. The molecule has 0 aliphatic carbocycles. The average Bonchev–Trinajstić information content (AvgIpc) is 2.92. The van der Waals surface area contributed by atoms with E-state index in [9.17, 15) is 14.0 Å². The summed E-state index contributed by atoms with van der Waals surface area (Å²) in [6.45, 7) is 8.09. The van der Waals surface area contributed by atoms with Crippen molar-refractivity contribution >= 4 is 28.1 Å². The lowest BCUT2D eigenvalue weighted by Crippen LogP contribution is -2.33. The molecule has 1 unspecified atom stereocenters. The van der Waals surface area contributed by atoms with Gasteiger partial charge in [-0.15, -0.1) is 11.3 Å². The summed E-state index contributed by atoms with van der Waals surface area (Å²) in [5, 5.41) is 4.39. The Labute approximate surface area is 160 Å². The van der Waals surface area contributed by atoms with E-state index < -0.39 is 17.3 Å². The summed E-state index contributed by atoms with van der Waals surface area (Å²) < 4.78 is 13.3. The molecule has 142 valence electrons. The first-order valence-corrected chi connectivity index (χ1v) is 9.63. The van der Waals surface area contributed by atoms with Crippen LogP contribution in [0.2, 0.25) is 0 Å². The van der Waals surface area contributed by atoms with Crippen molar-refractivity contribution in [3.8, 4) is 0 Å². The molecule has 3 aromatic rings. The molecule has 0 radical (unpaired) electrons. The van der Waals surface area contributed by atoms with Crippen molar-refractivity contribution in [2.75, 3.05) is 0 Å². The van der Waals surface area contributed by atoms with Crippen LogP contribution in [-0.4, -0.2) is 15.9 Å². The second-order valence-electron chi connectivity index (χ2n) is 7.09. The summed E-state index contributed by atoms with van der Waals surface area (Å²) in [6, 6.07) is 5.30. The number of aryl methyl sites for hydroxylation is 2. The van der Waals surface area contributed by atoms with Crippen molar-refractivity contribution in [2.24, 2.45) is 5.92 Å². The fourth-order valence-corrected chi connectivity index (χ4v) is 3.90. The van der Waals surface area contributed by atoms with Gasteiger partial charge in [0.25, 0.3) is 11.5 Å². The molecule has 0 fully saturated rings. The second kappa shape index (κ2) is 7.60. The standard InChI is InChI=1S/C20H22FN3O2S/c1-10(2)7-17(20-22-11(3)12(4)27-20)24-19(26)15-8-13-5-6-14(21)9-16(13)23-18(15)25/h5-6,8-10,17H,7H2,1-4H3,(H,23,25)(H,24,26). The molecule has 7 heteroatoms. The van der Waals surface area contributed by atoms with Crippen LogP contribution in [-0.2, 0) is 0 Å². The van der Waals surface area contributed by atoms with Gasteiger partial charge in [-0.3, -0.25) is 9.59 Å². The Morgan fingerprint density at radius 3 is 2.67 bits per heavy atom. The van der Waals surface area contributed by atoms with Gasteiger partial charge in [-0.05, 0) is 55.8 Å². The molecule has 0 aliphatic heterocycles. The number of carbonyl (C=O) groups is 1. The molecular weight excluding hydrogens is 365 g/mol. The average molecular weight is 387 g/mol. The van der Waals surface area contributed by atoms with Crippen molar-refractivity contribution < 1.29 is 9.18 Å². The van der Waals surface area contributed by atoms with Gasteiger partial charge in [0.2, 0.25) is 0 Å². The molecule has 2 N–H and O–H groups in total. The summed E-state index contributed by atoms with van der Waals surface area (Å²) in [5.74, 6) is -0.557. The summed E-state index contributed by atoms with van der Waals surface area (Å²) in [5.41, 5.74) is 0.776. The van der Waals surface area contributed by atoms with E-state index >= 15 is 0 Å². The topological polar surface area (TPSA) is 74.8 Å². The minimum Gasteiger partial charge on any atom is -0.343 e. The largest absolute Gasteiger partial charge is 0.343 e. The number of aromatic nitrogens is 2. The highest BCUT2D eigenvalue weighted by Gasteiger charge is 2.22. The summed E-state index contributed by atoms with van der Waals surface area (Å²) in [7, 11) is 0. The number of hydrogen-bond acceptors (Lipinski definition) is 4. The van der Waals surface area contributed by atoms with Crippen LogP contribution in [0.15, 0.2) is 29.1 Å². The highest BCUT2D eigenvalue weighted by molar-refractivity contribution is 7.11. The molecule has 0 aliphatic rings. The van der Waals surface area contributed by atoms with E-state index in [-0.39, 0.29) is 11.6 Å². The van der Waals surface area contributed by atoms with Gasteiger partial charge in [0.05, 0.1) is 17.3 Å². The zero-order valence-electron chi connectivity index (χ0n) is 15.7. The maximum absolute atomic E-state index is 13.3. The van der Waals surface area contributed by atoms with Crippen molar-refractivity contribution in [2.45, 2.75) is 40.2 Å². The van der Waals surface area contributed by atoms with Gasteiger partial charge in [-0.2, -0.15) is 0 Å². The van der Waals surface area contributed by atoms with Crippen LogP contribution >= 0.6 is 11.3 Å². The third kappa shape index (κ3) is 4.24. The smallest absolute Gasteiger partial charge is 0.261 e. The van der Waals surface area contributed by atoms with Crippen LogP contribution in [0.5, 0.6) is 0 Å². The predicted octanol–water partition coefficient (Wildman–Crippen LogP) is 4.26. The van der Waals surface area contributed by atoms with E-state index in [0.717, 1.165) is 22.0 Å². The maximum atomic E-state index is 13.3. The monoisotopic (exact) mass is 387 g/mol. The number of carbonyl (C=O) groups excluding carboxylic acids is 1. The van der Waals surface area contributed by atoms with Crippen LogP contribution < -0.4 is 10.9 Å². The lowest BCUT2D eigenvalue weighted by atomic mass is 10.0. The molecule has 2 aromatic heterocycles. The first-order valence-electron chi connectivity index (χ1n) is 8.82. The molecule has 3 rings (SSSR count). The van der Waals surface area contributed by atoms with E-state index in [2.05, 4.69) is 29.1 Å². The summed E-state index contributed by atoms with van der Waals surface area (Å²) >= 11 is 1.56. The lowest BCUT2D eigenvalue weighted by Gasteiger charge is -2.18. The molecule has 1 amide bonds. The fraction of sp³-hybridized carbons (Fsp3) is 0.350. The van der Waals surface area contributed by atoms with Gasteiger partial charge in [0, 0.05) is 4.88 Å². The molecule has 5 nitrogen and oxygen atoms in total. The number of rotatable bonds is 5. The minimum absolute atomic E-state index is 0.00728. The zero-order chi connectivity index (χ0) is 19.7. The third-order valence-corrected chi connectivity index (χ3v) is 5.59. The Morgan fingerprint density at radius 2 is 2.04 bits per heavy atom. The molecule has 0 saturated carbocycles. The number of benzene rings is 1. The maximum Gasteiger partial charge on any atom is 0.261 e. The Kier molecular flexibility index (Phi) is 5.41. The first kappa shape index (κ1) is 19.2. The van der Waals surface area contributed by atoms with Gasteiger partial charge in [-0.1, -0.05) is 13.8 Å². The lowest BCUT2D eigenvalue weighted by molar-refractivity contribution is 0.0930. The Balaban J connectivity index is 1.93. The number of amides is 1. The van der Waals surface area contributed by atoms with Gasteiger partial charge < -0.3 is 10.3 Å². The van der Waals surface area contributed by atoms with Crippen molar-refractivity contribution in [1.82, 2.24) is 15.3 Å². The van der Waals surface area contributed by atoms with E-state index in [1.165, 1.54) is 24.3 Å². The number of nitrogens with zero attached hydrogens (tertiary/aromatic N) is 1. The molecule has 1 atom stereocenters. The number of pyridine rings is 1. The molecule has 27 heavy (non-hydrogen) atoms. The van der Waals surface area contributed by atoms with Gasteiger partial charge >= 0.3 is 0 Å². The predicted molar refractivity (Wildman–Crippen MR) is 106 cm³/mol. The highest BCUT2D eigenvalue weighted by atomic mass is 32.1. The molecule has 0 saturated heterocycles. The number of halogens is 1. The van der Waals surface area contributed by atoms with Crippen LogP contribution in [0, 0.1) is 25.6 Å². The van der Waals surface area contributed by atoms with Crippen molar-refractivity contribution in [3.63, 3.8) is 0 Å². The number of hydrogen-bond donors (Lipinski definition) is 2. The molecule has 0 bridgehead atoms. The van der Waals surface area contributed by atoms with Gasteiger partial charge in [0.15, 0.2) is 0 Å². The number of fused-ring (bicyclic) bond motifs is 1. The van der Waals surface area contributed by atoms with Crippen LogP contribution in [0.4, 0.5) is 4.39 Å². The number of thiazole rings is 1. The second-order valence-corrected chi connectivity index (χ2v) is 8.33. The highest BCUT2D eigenvalue weighted by Crippen LogP contribution is 2.27. The molecular formula is C20H22FN3O2S.